The summed E-state index contributed by atoms with van der Waals surface area (Å²) in [4.78, 5) is 23.5. The lowest BCUT2D eigenvalue weighted by atomic mass is 10.1. The van der Waals surface area contributed by atoms with Crippen LogP contribution in [0, 0.1) is 0 Å². The Balaban J connectivity index is 1.98. The van der Waals surface area contributed by atoms with E-state index in [1.807, 2.05) is 0 Å². The Hall–Kier alpha value is -3.22. The Morgan fingerprint density at radius 2 is 1.52 bits per heavy atom. The molecule has 0 atom stereocenters. The molecule has 0 aliphatic heterocycles. The molecule has 0 heterocycles. The first-order valence-corrected chi connectivity index (χ1v) is 7.52. The molecule has 0 radical (unpaired) electrons. The third-order valence-electron chi connectivity index (χ3n) is 3.49. The maximum absolute atomic E-state index is 12.1. The standard InChI is InChI=1S/C18H20N2O5/c1-23-14-5-4-6-15(24-2)16(14)20-18(22)19-11-12-7-9-13(10-8-12)17(21)25-3/h4-10H,11H2,1-3H3,(H2,19,20,22). The maximum Gasteiger partial charge on any atom is 0.337 e. The van der Waals surface area contributed by atoms with Gasteiger partial charge in [0.05, 0.1) is 26.9 Å². The number of rotatable bonds is 6. The summed E-state index contributed by atoms with van der Waals surface area (Å²) < 4.78 is 15.1. The van der Waals surface area contributed by atoms with Gasteiger partial charge in [-0.05, 0) is 29.8 Å². The van der Waals surface area contributed by atoms with Crippen LogP contribution < -0.4 is 20.1 Å². The van der Waals surface area contributed by atoms with Crippen LogP contribution in [0.3, 0.4) is 0 Å². The quantitative estimate of drug-likeness (QED) is 0.787. The molecule has 7 nitrogen and oxygen atoms in total. The minimum Gasteiger partial charge on any atom is -0.494 e. The fourth-order valence-corrected chi connectivity index (χ4v) is 2.19. The Bertz CT molecular complexity index is 721. The van der Waals surface area contributed by atoms with E-state index < -0.39 is 12.0 Å². The lowest BCUT2D eigenvalue weighted by Gasteiger charge is -2.14. The van der Waals surface area contributed by atoms with Crippen molar-refractivity contribution < 1.29 is 23.8 Å². The number of esters is 1. The number of carbonyl (C=O) groups is 2. The number of benzene rings is 2. The van der Waals surface area contributed by atoms with Crippen molar-refractivity contribution >= 4 is 17.7 Å². The van der Waals surface area contributed by atoms with Gasteiger partial charge in [0.15, 0.2) is 0 Å². The van der Waals surface area contributed by atoms with Crippen molar-refractivity contribution in [3.05, 3.63) is 53.6 Å². The number of ether oxygens (including phenoxy) is 3. The van der Waals surface area contributed by atoms with Crippen molar-refractivity contribution in [2.45, 2.75) is 6.54 Å². The van der Waals surface area contributed by atoms with Crippen LogP contribution in [-0.2, 0) is 11.3 Å². The van der Waals surface area contributed by atoms with Crippen molar-refractivity contribution in [2.24, 2.45) is 0 Å². The molecule has 2 rings (SSSR count). The average Bonchev–Trinajstić information content (AvgIpc) is 2.66. The number of para-hydroxylation sites is 1. The van der Waals surface area contributed by atoms with E-state index in [1.54, 1.807) is 42.5 Å². The highest BCUT2D eigenvalue weighted by Crippen LogP contribution is 2.33. The Morgan fingerprint density at radius 1 is 0.920 bits per heavy atom. The summed E-state index contributed by atoms with van der Waals surface area (Å²) >= 11 is 0. The van der Waals surface area contributed by atoms with E-state index in [4.69, 9.17) is 9.47 Å². The molecule has 0 saturated heterocycles. The van der Waals surface area contributed by atoms with Gasteiger partial charge in [-0.2, -0.15) is 0 Å². The van der Waals surface area contributed by atoms with E-state index in [-0.39, 0.29) is 0 Å². The molecule has 2 aromatic carbocycles. The van der Waals surface area contributed by atoms with E-state index in [1.165, 1.54) is 21.3 Å². The first kappa shape index (κ1) is 18.1. The highest BCUT2D eigenvalue weighted by molar-refractivity contribution is 5.93. The lowest BCUT2D eigenvalue weighted by molar-refractivity contribution is 0.0600. The molecule has 25 heavy (non-hydrogen) atoms. The average molecular weight is 344 g/mol. The number of hydrogen-bond acceptors (Lipinski definition) is 5. The van der Waals surface area contributed by atoms with Gasteiger partial charge in [-0.15, -0.1) is 0 Å². The molecule has 2 aromatic rings. The summed E-state index contributed by atoms with van der Waals surface area (Å²) in [7, 11) is 4.36. The number of urea groups is 1. The van der Waals surface area contributed by atoms with Gasteiger partial charge in [-0.25, -0.2) is 9.59 Å². The monoisotopic (exact) mass is 344 g/mol. The lowest BCUT2D eigenvalue weighted by Crippen LogP contribution is -2.28. The minimum absolute atomic E-state index is 0.296. The van der Waals surface area contributed by atoms with Crippen molar-refractivity contribution in [3.8, 4) is 11.5 Å². The predicted molar refractivity (Wildman–Crippen MR) is 93.2 cm³/mol. The minimum atomic E-state index is -0.403. The molecule has 2 N–H and O–H groups in total. The summed E-state index contributed by atoms with van der Waals surface area (Å²) in [5.74, 6) is 0.592. The second-order valence-electron chi connectivity index (χ2n) is 5.03. The van der Waals surface area contributed by atoms with E-state index in [2.05, 4.69) is 15.4 Å². The smallest absolute Gasteiger partial charge is 0.337 e. The van der Waals surface area contributed by atoms with Gasteiger partial charge in [-0.3, -0.25) is 0 Å². The number of amides is 2. The van der Waals surface area contributed by atoms with Crippen LogP contribution in [0.25, 0.3) is 0 Å². The second kappa shape index (κ2) is 8.58. The summed E-state index contributed by atoms with van der Waals surface area (Å²) in [5.41, 5.74) is 1.75. The Kier molecular flexibility index (Phi) is 6.22. The highest BCUT2D eigenvalue weighted by atomic mass is 16.5. The topological polar surface area (TPSA) is 85.9 Å². The number of anilines is 1. The summed E-state index contributed by atoms with van der Waals surface area (Å²) in [6.45, 7) is 0.296. The van der Waals surface area contributed by atoms with Crippen LogP contribution in [0.1, 0.15) is 15.9 Å². The number of nitrogens with one attached hydrogen (secondary N) is 2. The molecular formula is C18H20N2O5. The van der Waals surface area contributed by atoms with Crippen molar-refractivity contribution in [2.75, 3.05) is 26.6 Å². The zero-order valence-corrected chi connectivity index (χ0v) is 14.3. The van der Waals surface area contributed by atoms with Crippen LogP contribution in [-0.4, -0.2) is 33.3 Å². The molecule has 0 aliphatic carbocycles. The fourth-order valence-electron chi connectivity index (χ4n) is 2.19. The number of hydrogen-bond donors (Lipinski definition) is 2. The third kappa shape index (κ3) is 4.63. The molecule has 0 aromatic heterocycles. The Morgan fingerprint density at radius 3 is 2.04 bits per heavy atom. The summed E-state index contributed by atoms with van der Waals surface area (Å²) in [6, 6.07) is 11.6. The molecule has 0 aliphatic rings. The normalized spacial score (nSPS) is 9.88. The molecule has 0 fully saturated rings. The van der Waals surface area contributed by atoms with E-state index in [0.717, 1.165) is 5.56 Å². The molecule has 0 unspecified atom stereocenters. The highest BCUT2D eigenvalue weighted by Gasteiger charge is 2.13. The zero-order chi connectivity index (χ0) is 18.2. The van der Waals surface area contributed by atoms with Gasteiger partial charge in [0, 0.05) is 6.54 Å². The first-order chi connectivity index (χ1) is 12.1. The molecule has 7 heteroatoms. The van der Waals surface area contributed by atoms with E-state index in [0.29, 0.717) is 29.3 Å². The van der Waals surface area contributed by atoms with Gasteiger partial charge < -0.3 is 24.8 Å². The molecule has 0 saturated carbocycles. The SMILES string of the molecule is COC(=O)c1ccc(CNC(=O)Nc2c(OC)cccc2OC)cc1. The molecule has 0 bridgehead atoms. The fraction of sp³-hybridized carbons (Fsp3) is 0.222. The number of methoxy groups -OCH3 is 3. The largest absolute Gasteiger partial charge is 0.494 e. The van der Waals surface area contributed by atoms with Gasteiger partial charge in [0.25, 0.3) is 0 Å². The zero-order valence-electron chi connectivity index (χ0n) is 14.3. The Labute approximate surface area is 145 Å². The molecule has 0 spiro atoms. The van der Waals surface area contributed by atoms with Crippen molar-refractivity contribution in [3.63, 3.8) is 0 Å². The van der Waals surface area contributed by atoms with Crippen LogP contribution in [0.4, 0.5) is 10.5 Å². The van der Waals surface area contributed by atoms with Crippen molar-refractivity contribution in [1.82, 2.24) is 5.32 Å². The molecular weight excluding hydrogens is 324 g/mol. The van der Waals surface area contributed by atoms with Crippen LogP contribution in [0.15, 0.2) is 42.5 Å². The van der Waals surface area contributed by atoms with Crippen molar-refractivity contribution in [1.29, 1.82) is 0 Å². The van der Waals surface area contributed by atoms with Crippen LogP contribution in [0.2, 0.25) is 0 Å². The predicted octanol–water partition coefficient (Wildman–Crippen LogP) is 2.81. The molecule has 132 valence electrons. The van der Waals surface area contributed by atoms with Crippen LogP contribution in [0.5, 0.6) is 11.5 Å². The second-order valence-corrected chi connectivity index (χ2v) is 5.03. The maximum atomic E-state index is 12.1. The van der Waals surface area contributed by atoms with E-state index in [9.17, 15) is 9.59 Å². The molecule has 2 amide bonds. The van der Waals surface area contributed by atoms with E-state index >= 15 is 0 Å². The van der Waals surface area contributed by atoms with Gasteiger partial charge in [0.1, 0.15) is 17.2 Å². The summed E-state index contributed by atoms with van der Waals surface area (Å²) in [6.07, 6.45) is 0. The summed E-state index contributed by atoms with van der Waals surface area (Å²) in [5, 5.41) is 5.45. The van der Waals surface area contributed by atoms with Gasteiger partial charge >= 0.3 is 12.0 Å². The number of carbonyl (C=O) groups excluding carboxylic acids is 2. The third-order valence-corrected chi connectivity index (χ3v) is 3.49. The first-order valence-electron chi connectivity index (χ1n) is 7.52. The van der Waals surface area contributed by atoms with Crippen LogP contribution >= 0.6 is 0 Å². The van der Waals surface area contributed by atoms with Gasteiger partial charge in [0.2, 0.25) is 0 Å². The van der Waals surface area contributed by atoms with Gasteiger partial charge in [-0.1, -0.05) is 18.2 Å².